The van der Waals surface area contributed by atoms with Gasteiger partial charge in [-0.3, -0.25) is 4.98 Å². The Labute approximate surface area is 121 Å². The lowest BCUT2D eigenvalue weighted by molar-refractivity contribution is 0.0322. The van der Waals surface area contributed by atoms with Crippen molar-refractivity contribution in [2.24, 2.45) is 0 Å². The molecule has 0 amide bonds. The van der Waals surface area contributed by atoms with Crippen LogP contribution in [0.1, 0.15) is 38.8 Å². The van der Waals surface area contributed by atoms with Crippen LogP contribution in [0.5, 0.6) is 0 Å². The molecule has 2 aromatic rings. The molecule has 0 aliphatic heterocycles. The summed E-state index contributed by atoms with van der Waals surface area (Å²) in [6, 6.07) is 8.69. The number of ether oxygens (including phenoxy) is 1. The van der Waals surface area contributed by atoms with Gasteiger partial charge in [0.05, 0.1) is 12.1 Å². The summed E-state index contributed by atoms with van der Waals surface area (Å²) >= 11 is 0. The smallest absolute Gasteiger partial charge is 0.0767 e. The lowest BCUT2D eigenvalue weighted by atomic mass is 9.95. The molecular formula is C17H24N2O. The fourth-order valence-corrected chi connectivity index (χ4v) is 2.73. The minimum absolute atomic E-state index is 0.186. The van der Waals surface area contributed by atoms with Crippen molar-refractivity contribution in [2.75, 3.05) is 13.2 Å². The fraction of sp³-hybridized carbons (Fsp3) is 0.471. The zero-order chi connectivity index (χ0) is 14.4. The lowest BCUT2D eigenvalue weighted by Crippen LogP contribution is -2.33. The van der Waals surface area contributed by atoms with E-state index in [2.05, 4.69) is 55.3 Å². The third-order valence-electron chi connectivity index (χ3n) is 3.63. The molecule has 1 aromatic heterocycles. The molecule has 2 unspecified atom stereocenters. The van der Waals surface area contributed by atoms with E-state index >= 15 is 0 Å². The molecule has 3 nitrogen and oxygen atoms in total. The summed E-state index contributed by atoms with van der Waals surface area (Å²) in [5, 5.41) is 6.01. The maximum atomic E-state index is 5.93. The van der Waals surface area contributed by atoms with Gasteiger partial charge in [0.25, 0.3) is 0 Å². The van der Waals surface area contributed by atoms with Crippen molar-refractivity contribution in [3.8, 4) is 0 Å². The number of likely N-dealkylation sites (N-methyl/N-ethyl adjacent to an activating group) is 1. The summed E-state index contributed by atoms with van der Waals surface area (Å²) in [6.07, 6.45) is 4.97. The average molecular weight is 272 g/mol. The highest BCUT2D eigenvalue weighted by Crippen LogP contribution is 2.28. The molecule has 1 heterocycles. The molecule has 0 spiro atoms. The van der Waals surface area contributed by atoms with Crippen LogP contribution >= 0.6 is 0 Å². The molecule has 20 heavy (non-hydrogen) atoms. The van der Waals surface area contributed by atoms with Gasteiger partial charge < -0.3 is 10.1 Å². The third kappa shape index (κ3) is 3.17. The highest BCUT2D eigenvalue weighted by atomic mass is 16.5. The maximum Gasteiger partial charge on any atom is 0.0767 e. The largest absolute Gasteiger partial charge is 0.377 e. The van der Waals surface area contributed by atoms with E-state index in [0.717, 1.165) is 19.6 Å². The number of hydrogen-bond donors (Lipinski definition) is 1. The first-order valence-corrected chi connectivity index (χ1v) is 7.49. The van der Waals surface area contributed by atoms with Crippen LogP contribution in [0.25, 0.3) is 10.8 Å². The van der Waals surface area contributed by atoms with Gasteiger partial charge in [0.15, 0.2) is 0 Å². The van der Waals surface area contributed by atoms with Crippen LogP contribution in [0.2, 0.25) is 0 Å². The third-order valence-corrected chi connectivity index (χ3v) is 3.63. The van der Waals surface area contributed by atoms with Gasteiger partial charge in [0, 0.05) is 24.4 Å². The Morgan fingerprint density at radius 1 is 1.20 bits per heavy atom. The zero-order valence-electron chi connectivity index (χ0n) is 12.6. The molecule has 108 valence electrons. The Hall–Kier alpha value is -1.45. The van der Waals surface area contributed by atoms with Gasteiger partial charge >= 0.3 is 0 Å². The van der Waals surface area contributed by atoms with Gasteiger partial charge in [0.1, 0.15) is 0 Å². The molecule has 2 rings (SSSR count). The Morgan fingerprint density at radius 3 is 2.75 bits per heavy atom. The van der Waals surface area contributed by atoms with Crippen molar-refractivity contribution in [1.29, 1.82) is 0 Å². The number of aromatic nitrogens is 1. The standard InChI is InChI=1S/C17H24N2O/c1-4-16(20-6-3)17(19-5-2)14-9-7-8-13-10-11-18-12-15(13)14/h7-12,16-17,19H,4-6H2,1-3H3. The van der Waals surface area contributed by atoms with Gasteiger partial charge in [-0.15, -0.1) is 0 Å². The second-order valence-electron chi connectivity index (χ2n) is 4.88. The summed E-state index contributed by atoms with van der Waals surface area (Å²) in [4.78, 5) is 4.28. The van der Waals surface area contributed by atoms with Crippen LogP contribution in [0, 0.1) is 0 Å². The number of pyridine rings is 1. The average Bonchev–Trinajstić information content (AvgIpc) is 2.50. The van der Waals surface area contributed by atoms with Gasteiger partial charge in [-0.2, -0.15) is 0 Å². The van der Waals surface area contributed by atoms with Gasteiger partial charge in [-0.05, 0) is 36.9 Å². The predicted molar refractivity (Wildman–Crippen MR) is 83.9 cm³/mol. The van der Waals surface area contributed by atoms with Gasteiger partial charge in [0.2, 0.25) is 0 Å². The molecular weight excluding hydrogens is 248 g/mol. The van der Waals surface area contributed by atoms with Crippen molar-refractivity contribution < 1.29 is 4.74 Å². The summed E-state index contributed by atoms with van der Waals surface area (Å²) in [6.45, 7) is 8.02. The monoisotopic (exact) mass is 272 g/mol. The Bertz CT molecular complexity index is 536. The van der Waals surface area contributed by atoms with E-state index in [1.807, 2.05) is 12.4 Å². The van der Waals surface area contributed by atoms with E-state index in [-0.39, 0.29) is 12.1 Å². The van der Waals surface area contributed by atoms with Crippen molar-refractivity contribution >= 4 is 10.8 Å². The second kappa shape index (κ2) is 7.36. The molecule has 0 aliphatic carbocycles. The van der Waals surface area contributed by atoms with Crippen LogP contribution in [0.4, 0.5) is 0 Å². The molecule has 0 fully saturated rings. The molecule has 1 aromatic carbocycles. The predicted octanol–water partition coefficient (Wildman–Crippen LogP) is 3.70. The first kappa shape index (κ1) is 14.9. The number of benzene rings is 1. The van der Waals surface area contributed by atoms with Crippen molar-refractivity contribution in [2.45, 2.75) is 39.3 Å². The minimum atomic E-state index is 0.186. The molecule has 0 bridgehead atoms. The highest BCUT2D eigenvalue weighted by molar-refractivity contribution is 5.85. The first-order valence-electron chi connectivity index (χ1n) is 7.49. The molecule has 2 atom stereocenters. The molecule has 3 heteroatoms. The number of fused-ring (bicyclic) bond motifs is 1. The summed E-state index contributed by atoms with van der Waals surface area (Å²) in [5.41, 5.74) is 1.28. The molecule has 0 aliphatic rings. The number of nitrogens with one attached hydrogen (secondary N) is 1. The van der Waals surface area contributed by atoms with Crippen LogP contribution in [0.15, 0.2) is 36.7 Å². The normalized spacial score (nSPS) is 14.3. The zero-order valence-corrected chi connectivity index (χ0v) is 12.6. The molecule has 0 saturated heterocycles. The number of nitrogens with zero attached hydrogens (tertiary/aromatic N) is 1. The first-order chi connectivity index (χ1) is 9.81. The van der Waals surface area contributed by atoms with E-state index in [9.17, 15) is 0 Å². The summed E-state index contributed by atoms with van der Waals surface area (Å²) in [7, 11) is 0. The fourth-order valence-electron chi connectivity index (χ4n) is 2.73. The van der Waals surface area contributed by atoms with Crippen molar-refractivity contribution in [3.05, 3.63) is 42.2 Å². The van der Waals surface area contributed by atoms with Gasteiger partial charge in [-0.1, -0.05) is 32.0 Å². The van der Waals surface area contributed by atoms with Crippen LogP contribution < -0.4 is 5.32 Å². The van der Waals surface area contributed by atoms with E-state index in [0.29, 0.717) is 0 Å². The maximum absolute atomic E-state index is 5.93. The highest BCUT2D eigenvalue weighted by Gasteiger charge is 2.22. The SMILES string of the molecule is CCNC(c1cccc2ccncc12)C(CC)OCC. The lowest BCUT2D eigenvalue weighted by Gasteiger charge is -2.28. The van der Waals surface area contributed by atoms with E-state index in [4.69, 9.17) is 4.74 Å². The van der Waals surface area contributed by atoms with Crippen molar-refractivity contribution in [3.63, 3.8) is 0 Å². The van der Waals surface area contributed by atoms with E-state index in [1.54, 1.807) is 0 Å². The topological polar surface area (TPSA) is 34.2 Å². The van der Waals surface area contributed by atoms with Crippen LogP contribution in [-0.4, -0.2) is 24.2 Å². The summed E-state index contributed by atoms with van der Waals surface area (Å²) < 4.78 is 5.93. The van der Waals surface area contributed by atoms with Crippen LogP contribution in [0.3, 0.4) is 0 Å². The van der Waals surface area contributed by atoms with E-state index < -0.39 is 0 Å². The Kier molecular flexibility index (Phi) is 5.50. The quantitative estimate of drug-likeness (QED) is 0.834. The number of hydrogen-bond acceptors (Lipinski definition) is 3. The Balaban J connectivity index is 2.45. The Morgan fingerprint density at radius 2 is 2.05 bits per heavy atom. The minimum Gasteiger partial charge on any atom is -0.377 e. The van der Waals surface area contributed by atoms with Crippen molar-refractivity contribution in [1.82, 2.24) is 10.3 Å². The summed E-state index contributed by atoms with van der Waals surface area (Å²) in [5.74, 6) is 0. The molecule has 0 saturated carbocycles. The molecule has 1 N–H and O–H groups in total. The van der Waals surface area contributed by atoms with E-state index in [1.165, 1.54) is 16.3 Å². The second-order valence-corrected chi connectivity index (χ2v) is 4.88. The van der Waals surface area contributed by atoms with Crippen LogP contribution in [-0.2, 0) is 4.74 Å². The van der Waals surface area contributed by atoms with Gasteiger partial charge in [-0.25, -0.2) is 0 Å². The molecule has 0 radical (unpaired) electrons. The number of rotatable bonds is 7.